The molecule has 0 unspecified atom stereocenters. The molecular formula is C9H13N5O3. The highest BCUT2D eigenvalue weighted by atomic mass is 16.6. The lowest BCUT2D eigenvalue weighted by molar-refractivity contribution is -0.383. The van der Waals surface area contributed by atoms with E-state index in [1.807, 2.05) is 4.90 Å². The van der Waals surface area contributed by atoms with Crippen LogP contribution in [0.3, 0.4) is 0 Å². The first-order chi connectivity index (χ1) is 8.24. The highest BCUT2D eigenvalue weighted by Crippen LogP contribution is 2.31. The number of hydrogen-bond donors (Lipinski definition) is 1. The van der Waals surface area contributed by atoms with E-state index >= 15 is 0 Å². The second-order valence-corrected chi connectivity index (χ2v) is 3.50. The van der Waals surface area contributed by atoms with Crippen molar-refractivity contribution in [3.63, 3.8) is 0 Å². The van der Waals surface area contributed by atoms with Crippen LogP contribution in [0.15, 0.2) is 6.33 Å². The molecule has 1 N–H and O–H groups in total. The second-order valence-electron chi connectivity index (χ2n) is 3.50. The quantitative estimate of drug-likeness (QED) is 0.597. The van der Waals surface area contributed by atoms with Gasteiger partial charge in [0.05, 0.1) is 18.1 Å². The molecule has 8 heteroatoms. The van der Waals surface area contributed by atoms with E-state index in [0.717, 1.165) is 0 Å². The molecule has 0 amide bonds. The molecule has 17 heavy (non-hydrogen) atoms. The van der Waals surface area contributed by atoms with Gasteiger partial charge in [-0.25, -0.2) is 9.97 Å². The number of nitrogens with zero attached hydrogens (tertiary/aromatic N) is 4. The molecule has 0 atom stereocenters. The molecule has 1 aromatic heterocycles. The molecule has 0 bridgehead atoms. The Morgan fingerprint density at radius 2 is 2.18 bits per heavy atom. The van der Waals surface area contributed by atoms with Crippen LogP contribution in [0.25, 0.3) is 0 Å². The summed E-state index contributed by atoms with van der Waals surface area (Å²) < 4.78 is 5.21. The Labute approximate surface area is 97.8 Å². The largest absolute Gasteiger partial charge is 0.378 e. The van der Waals surface area contributed by atoms with Crippen molar-refractivity contribution < 1.29 is 9.66 Å². The molecule has 1 saturated heterocycles. The van der Waals surface area contributed by atoms with Gasteiger partial charge in [-0.05, 0) is 0 Å². The van der Waals surface area contributed by atoms with Crippen LogP contribution in [0, 0.1) is 10.1 Å². The maximum Gasteiger partial charge on any atom is 0.353 e. The van der Waals surface area contributed by atoms with Crippen LogP contribution < -0.4 is 10.2 Å². The van der Waals surface area contributed by atoms with Crippen LogP contribution in [0.4, 0.5) is 17.3 Å². The zero-order chi connectivity index (χ0) is 12.3. The van der Waals surface area contributed by atoms with E-state index in [9.17, 15) is 10.1 Å². The third kappa shape index (κ3) is 2.26. The van der Waals surface area contributed by atoms with Crippen LogP contribution in [0.1, 0.15) is 0 Å². The zero-order valence-corrected chi connectivity index (χ0v) is 9.42. The molecule has 0 aromatic carbocycles. The molecule has 0 aliphatic carbocycles. The lowest BCUT2D eigenvalue weighted by Gasteiger charge is -2.27. The first-order valence-corrected chi connectivity index (χ1v) is 5.24. The Hall–Kier alpha value is -1.96. The lowest BCUT2D eigenvalue weighted by atomic mass is 10.3. The standard InChI is InChI=1S/C9H13N5O3/c1-10-8-7(14(15)16)9(12-6-11-8)13-2-4-17-5-3-13/h6H,2-5H2,1H3,(H,10,11,12). The van der Waals surface area contributed by atoms with Crippen molar-refractivity contribution in [1.82, 2.24) is 9.97 Å². The van der Waals surface area contributed by atoms with Gasteiger partial charge in [0, 0.05) is 20.1 Å². The fraction of sp³-hybridized carbons (Fsp3) is 0.556. The van der Waals surface area contributed by atoms with Gasteiger partial charge in [0.25, 0.3) is 0 Å². The zero-order valence-electron chi connectivity index (χ0n) is 9.42. The third-order valence-electron chi connectivity index (χ3n) is 2.53. The Balaban J connectivity index is 2.40. The van der Waals surface area contributed by atoms with Gasteiger partial charge in [0.15, 0.2) is 0 Å². The van der Waals surface area contributed by atoms with Crippen LogP contribution in [0.5, 0.6) is 0 Å². The summed E-state index contributed by atoms with van der Waals surface area (Å²) in [6, 6.07) is 0. The molecule has 0 saturated carbocycles. The first-order valence-electron chi connectivity index (χ1n) is 5.24. The molecule has 1 aliphatic heterocycles. The fourth-order valence-corrected chi connectivity index (χ4v) is 1.73. The molecule has 92 valence electrons. The summed E-state index contributed by atoms with van der Waals surface area (Å²) in [5, 5.41) is 13.8. The number of hydrogen-bond acceptors (Lipinski definition) is 7. The predicted molar refractivity (Wildman–Crippen MR) is 61.3 cm³/mol. The van der Waals surface area contributed by atoms with Crippen LogP contribution >= 0.6 is 0 Å². The van der Waals surface area contributed by atoms with E-state index in [1.165, 1.54) is 6.33 Å². The average Bonchev–Trinajstić information content (AvgIpc) is 2.38. The summed E-state index contributed by atoms with van der Waals surface area (Å²) in [4.78, 5) is 20.3. The van der Waals surface area contributed by atoms with E-state index in [4.69, 9.17) is 4.74 Å². The van der Waals surface area contributed by atoms with Crippen molar-refractivity contribution in [1.29, 1.82) is 0 Å². The maximum absolute atomic E-state index is 11.1. The van der Waals surface area contributed by atoms with Gasteiger partial charge in [-0.2, -0.15) is 0 Å². The van der Waals surface area contributed by atoms with Gasteiger partial charge < -0.3 is 15.0 Å². The van der Waals surface area contributed by atoms with Crippen molar-refractivity contribution in [3.8, 4) is 0 Å². The molecule has 1 aromatic rings. The normalized spacial score (nSPS) is 15.7. The number of aromatic nitrogens is 2. The summed E-state index contributed by atoms with van der Waals surface area (Å²) in [5.41, 5.74) is -0.0862. The van der Waals surface area contributed by atoms with Gasteiger partial charge in [0.1, 0.15) is 6.33 Å². The minimum atomic E-state index is -0.462. The second kappa shape index (κ2) is 4.91. The van der Waals surface area contributed by atoms with Crippen molar-refractivity contribution in [2.45, 2.75) is 0 Å². The molecule has 1 aliphatic rings. The van der Waals surface area contributed by atoms with Gasteiger partial charge in [-0.3, -0.25) is 10.1 Å². The van der Waals surface area contributed by atoms with Crippen LogP contribution in [0.2, 0.25) is 0 Å². The molecule has 2 rings (SSSR count). The van der Waals surface area contributed by atoms with E-state index in [2.05, 4.69) is 15.3 Å². The molecule has 0 radical (unpaired) electrons. The smallest absolute Gasteiger partial charge is 0.353 e. The number of morpholine rings is 1. The van der Waals surface area contributed by atoms with Crippen molar-refractivity contribution in [2.75, 3.05) is 43.6 Å². The summed E-state index contributed by atoms with van der Waals surface area (Å²) in [7, 11) is 1.60. The van der Waals surface area contributed by atoms with Crippen LogP contribution in [-0.2, 0) is 4.74 Å². The Morgan fingerprint density at radius 1 is 1.47 bits per heavy atom. The lowest BCUT2D eigenvalue weighted by Crippen LogP contribution is -2.37. The Bertz CT molecular complexity index is 419. The molecular weight excluding hydrogens is 226 g/mol. The molecule has 1 fully saturated rings. The Kier molecular flexibility index (Phi) is 3.33. The van der Waals surface area contributed by atoms with Crippen LogP contribution in [-0.4, -0.2) is 48.2 Å². The van der Waals surface area contributed by atoms with E-state index in [-0.39, 0.29) is 11.5 Å². The van der Waals surface area contributed by atoms with Gasteiger partial charge in [-0.1, -0.05) is 0 Å². The van der Waals surface area contributed by atoms with Crippen molar-refractivity contribution in [2.24, 2.45) is 0 Å². The highest BCUT2D eigenvalue weighted by molar-refractivity contribution is 5.70. The van der Waals surface area contributed by atoms with E-state index in [1.54, 1.807) is 7.05 Å². The van der Waals surface area contributed by atoms with E-state index in [0.29, 0.717) is 32.1 Å². The third-order valence-corrected chi connectivity index (χ3v) is 2.53. The molecule has 0 spiro atoms. The minimum Gasteiger partial charge on any atom is -0.378 e. The topological polar surface area (TPSA) is 93.4 Å². The van der Waals surface area contributed by atoms with E-state index < -0.39 is 4.92 Å². The number of rotatable bonds is 3. The minimum absolute atomic E-state index is 0.0862. The number of ether oxygens (including phenoxy) is 1. The first kappa shape index (κ1) is 11.5. The summed E-state index contributed by atoms with van der Waals surface area (Å²) in [6.45, 7) is 2.30. The molecule has 2 heterocycles. The molecule has 8 nitrogen and oxygen atoms in total. The van der Waals surface area contributed by atoms with Gasteiger partial charge in [-0.15, -0.1) is 0 Å². The fourth-order valence-electron chi connectivity index (χ4n) is 1.73. The van der Waals surface area contributed by atoms with Gasteiger partial charge in [0.2, 0.25) is 11.6 Å². The van der Waals surface area contributed by atoms with Crippen molar-refractivity contribution in [3.05, 3.63) is 16.4 Å². The summed E-state index contributed by atoms with van der Waals surface area (Å²) in [5.74, 6) is 0.573. The number of anilines is 2. The number of nitro groups is 1. The number of nitrogens with one attached hydrogen (secondary N) is 1. The maximum atomic E-state index is 11.1. The predicted octanol–water partition coefficient (Wildman–Crippen LogP) is 0.263. The monoisotopic (exact) mass is 239 g/mol. The average molecular weight is 239 g/mol. The summed E-state index contributed by atoms with van der Waals surface area (Å²) >= 11 is 0. The summed E-state index contributed by atoms with van der Waals surface area (Å²) in [6.07, 6.45) is 1.32. The SMILES string of the molecule is CNc1ncnc(N2CCOCC2)c1[N+](=O)[O-]. The van der Waals surface area contributed by atoms with Gasteiger partial charge >= 0.3 is 5.69 Å². The Morgan fingerprint density at radius 3 is 2.76 bits per heavy atom. The van der Waals surface area contributed by atoms with Crippen molar-refractivity contribution >= 4 is 17.3 Å². The highest BCUT2D eigenvalue weighted by Gasteiger charge is 2.27.